The maximum Gasteiger partial charge on any atom is 0.222 e. The number of nitrogens with two attached hydrogens (primary N) is 1. The molecule has 15 heavy (non-hydrogen) atoms. The van der Waals surface area contributed by atoms with Gasteiger partial charge >= 0.3 is 0 Å². The zero-order chi connectivity index (χ0) is 10.3. The van der Waals surface area contributed by atoms with E-state index in [-0.39, 0.29) is 0 Å². The molecule has 3 rings (SSSR count). The van der Waals surface area contributed by atoms with E-state index in [2.05, 4.69) is 23.4 Å². The van der Waals surface area contributed by atoms with Crippen molar-refractivity contribution < 1.29 is 4.52 Å². The summed E-state index contributed by atoms with van der Waals surface area (Å²) in [4.78, 5) is 0. The van der Waals surface area contributed by atoms with E-state index >= 15 is 0 Å². The minimum absolute atomic E-state index is 0.366. The summed E-state index contributed by atoms with van der Waals surface area (Å²) >= 11 is 0. The number of nitrogen functional groups attached to an aromatic ring is 1. The number of aryl methyl sites for hydroxylation is 2. The zero-order valence-corrected chi connectivity index (χ0v) is 8.36. The number of hydrogen-bond acceptors (Lipinski definition) is 3. The molecule has 0 saturated heterocycles. The van der Waals surface area contributed by atoms with Crippen LogP contribution in [0.1, 0.15) is 17.5 Å². The molecule has 0 radical (unpaired) electrons. The molecule has 1 heterocycles. The second kappa shape index (κ2) is 3.12. The molecule has 76 valence electrons. The Labute approximate surface area is 87.9 Å². The normalized spacial score (nSPS) is 14.1. The molecule has 3 heteroatoms. The summed E-state index contributed by atoms with van der Waals surface area (Å²) in [7, 11) is 0. The Morgan fingerprint density at radius 3 is 2.80 bits per heavy atom. The number of fused-ring (bicyclic) bond motifs is 1. The lowest BCUT2D eigenvalue weighted by Crippen LogP contribution is -1.84. The highest BCUT2D eigenvalue weighted by molar-refractivity contribution is 5.63. The van der Waals surface area contributed by atoms with Gasteiger partial charge < -0.3 is 10.3 Å². The van der Waals surface area contributed by atoms with Crippen molar-refractivity contribution in [2.75, 3.05) is 5.73 Å². The van der Waals surface area contributed by atoms with Crippen LogP contribution in [0, 0.1) is 0 Å². The van der Waals surface area contributed by atoms with Gasteiger partial charge in [0.25, 0.3) is 0 Å². The van der Waals surface area contributed by atoms with Gasteiger partial charge in [0.15, 0.2) is 0 Å². The van der Waals surface area contributed by atoms with Gasteiger partial charge in [0, 0.05) is 11.6 Å². The van der Waals surface area contributed by atoms with E-state index in [0.717, 1.165) is 11.3 Å². The lowest BCUT2D eigenvalue weighted by Gasteiger charge is -2.00. The lowest BCUT2D eigenvalue weighted by atomic mass is 10.0. The number of aromatic nitrogens is 1. The van der Waals surface area contributed by atoms with E-state index < -0.39 is 0 Å². The van der Waals surface area contributed by atoms with Gasteiger partial charge in [0.1, 0.15) is 5.69 Å². The second-order valence-corrected chi connectivity index (χ2v) is 3.95. The van der Waals surface area contributed by atoms with Gasteiger partial charge in [0.05, 0.1) is 0 Å². The average molecular weight is 200 g/mol. The monoisotopic (exact) mass is 200 g/mol. The van der Waals surface area contributed by atoms with Crippen LogP contribution in [0.4, 0.5) is 5.88 Å². The minimum Gasteiger partial charge on any atom is -0.368 e. The van der Waals surface area contributed by atoms with Gasteiger partial charge in [-0.15, -0.1) is 0 Å². The Hall–Kier alpha value is -1.77. The highest BCUT2D eigenvalue weighted by atomic mass is 16.5. The van der Waals surface area contributed by atoms with Crippen molar-refractivity contribution in [2.45, 2.75) is 19.3 Å². The molecule has 1 aromatic heterocycles. The molecule has 2 aromatic rings. The quantitative estimate of drug-likeness (QED) is 0.769. The molecule has 0 aliphatic heterocycles. The first kappa shape index (κ1) is 8.53. The van der Waals surface area contributed by atoms with E-state index in [0.29, 0.717) is 5.88 Å². The van der Waals surface area contributed by atoms with Crippen molar-refractivity contribution in [2.24, 2.45) is 0 Å². The van der Waals surface area contributed by atoms with Crippen molar-refractivity contribution in [1.29, 1.82) is 0 Å². The lowest BCUT2D eigenvalue weighted by molar-refractivity contribution is 0.439. The Bertz CT molecular complexity index is 502. The molecule has 2 N–H and O–H groups in total. The van der Waals surface area contributed by atoms with Gasteiger partial charge in [-0.3, -0.25) is 0 Å². The summed E-state index contributed by atoms with van der Waals surface area (Å²) in [6.45, 7) is 0. The van der Waals surface area contributed by atoms with Crippen LogP contribution in [0.5, 0.6) is 0 Å². The van der Waals surface area contributed by atoms with Crippen LogP contribution in [-0.2, 0) is 12.8 Å². The van der Waals surface area contributed by atoms with Crippen LogP contribution < -0.4 is 5.73 Å². The SMILES string of the molecule is Nc1cc(-c2ccc3c(c2)CCC3)no1. The summed E-state index contributed by atoms with van der Waals surface area (Å²) in [5.74, 6) is 0.366. The Balaban J connectivity index is 2.06. The fraction of sp³-hybridized carbons (Fsp3) is 0.250. The third-order valence-corrected chi connectivity index (χ3v) is 2.92. The van der Waals surface area contributed by atoms with Gasteiger partial charge in [-0.25, -0.2) is 0 Å². The average Bonchev–Trinajstić information content (AvgIpc) is 2.84. The molecule has 1 aromatic carbocycles. The van der Waals surface area contributed by atoms with E-state index in [9.17, 15) is 0 Å². The third-order valence-electron chi connectivity index (χ3n) is 2.92. The Kier molecular flexibility index (Phi) is 1.78. The highest BCUT2D eigenvalue weighted by Crippen LogP contribution is 2.28. The first-order valence-corrected chi connectivity index (χ1v) is 5.17. The molecule has 0 saturated carbocycles. The predicted molar refractivity (Wildman–Crippen MR) is 58.4 cm³/mol. The van der Waals surface area contributed by atoms with Crippen LogP contribution in [0.25, 0.3) is 11.3 Å². The number of anilines is 1. The van der Waals surface area contributed by atoms with Crippen LogP contribution >= 0.6 is 0 Å². The van der Waals surface area contributed by atoms with Crippen molar-refractivity contribution in [3.05, 3.63) is 35.4 Å². The molecule has 0 spiro atoms. The maximum atomic E-state index is 5.50. The van der Waals surface area contributed by atoms with Gasteiger partial charge in [-0.2, -0.15) is 0 Å². The zero-order valence-electron chi connectivity index (χ0n) is 8.36. The van der Waals surface area contributed by atoms with E-state index in [1.807, 2.05) is 0 Å². The Morgan fingerprint density at radius 2 is 2.00 bits per heavy atom. The molecule has 0 bridgehead atoms. The predicted octanol–water partition coefficient (Wildman–Crippen LogP) is 2.41. The van der Waals surface area contributed by atoms with Crippen molar-refractivity contribution in [3.63, 3.8) is 0 Å². The van der Waals surface area contributed by atoms with Crippen LogP contribution in [0.3, 0.4) is 0 Å². The third kappa shape index (κ3) is 1.40. The van der Waals surface area contributed by atoms with Crippen LogP contribution in [-0.4, -0.2) is 5.16 Å². The van der Waals surface area contributed by atoms with Crippen LogP contribution in [0.15, 0.2) is 28.8 Å². The second-order valence-electron chi connectivity index (χ2n) is 3.95. The number of rotatable bonds is 1. The van der Waals surface area contributed by atoms with Gasteiger partial charge in [0.2, 0.25) is 5.88 Å². The molecule has 3 nitrogen and oxygen atoms in total. The molecule has 0 unspecified atom stereocenters. The van der Waals surface area contributed by atoms with Gasteiger partial charge in [-0.05, 0) is 36.5 Å². The summed E-state index contributed by atoms with van der Waals surface area (Å²) in [6, 6.07) is 8.22. The van der Waals surface area contributed by atoms with Gasteiger partial charge in [-0.1, -0.05) is 17.3 Å². The molecule has 1 aliphatic rings. The van der Waals surface area contributed by atoms with Crippen molar-refractivity contribution in [1.82, 2.24) is 5.16 Å². The fourth-order valence-electron chi connectivity index (χ4n) is 2.16. The smallest absolute Gasteiger partial charge is 0.222 e. The topological polar surface area (TPSA) is 52.0 Å². The number of benzene rings is 1. The first-order chi connectivity index (χ1) is 7.33. The maximum absolute atomic E-state index is 5.50. The number of nitrogens with zero attached hydrogens (tertiary/aromatic N) is 1. The molecular weight excluding hydrogens is 188 g/mol. The van der Waals surface area contributed by atoms with Crippen LogP contribution in [0.2, 0.25) is 0 Å². The summed E-state index contributed by atoms with van der Waals surface area (Å²) < 4.78 is 4.87. The summed E-state index contributed by atoms with van der Waals surface area (Å²) in [6.07, 6.45) is 3.65. The van der Waals surface area contributed by atoms with E-state index in [4.69, 9.17) is 10.3 Å². The fourth-order valence-corrected chi connectivity index (χ4v) is 2.16. The molecule has 0 fully saturated rings. The largest absolute Gasteiger partial charge is 0.368 e. The summed E-state index contributed by atoms with van der Waals surface area (Å²) in [5.41, 5.74) is 10.3. The van der Waals surface area contributed by atoms with E-state index in [1.165, 1.54) is 30.4 Å². The highest BCUT2D eigenvalue weighted by Gasteiger charge is 2.12. The van der Waals surface area contributed by atoms with E-state index in [1.54, 1.807) is 6.07 Å². The Morgan fingerprint density at radius 1 is 1.13 bits per heavy atom. The molecule has 0 amide bonds. The first-order valence-electron chi connectivity index (χ1n) is 5.17. The summed E-state index contributed by atoms with van der Waals surface area (Å²) in [5, 5.41) is 3.91. The molecule has 1 aliphatic carbocycles. The minimum atomic E-state index is 0.366. The molecular formula is C12H12N2O. The standard InChI is InChI=1S/C12H12N2O/c13-12-7-11(14-15-12)10-5-4-8-2-1-3-9(8)6-10/h4-7H,1-3,13H2. The van der Waals surface area contributed by atoms with Crippen molar-refractivity contribution >= 4 is 5.88 Å². The van der Waals surface area contributed by atoms with Crippen molar-refractivity contribution in [3.8, 4) is 11.3 Å². The molecule has 0 atom stereocenters. The number of hydrogen-bond donors (Lipinski definition) is 1.